The van der Waals surface area contributed by atoms with Gasteiger partial charge in [0.05, 0.1) is 24.9 Å². The fraction of sp³-hybridized carbons (Fsp3) is 0.333. The molecule has 0 radical (unpaired) electrons. The van der Waals surface area contributed by atoms with Crippen LogP contribution >= 0.6 is 0 Å². The van der Waals surface area contributed by atoms with Crippen LogP contribution in [0.3, 0.4) is 0 Å². The summed E-state index contributed by atoms with van der Waals surface area (Å²) in [5.74, 6) is 0.701. The predicted octanol–water partition coefficient (Wildman–Crippen LogP) is 3.85. The number of rotatable bonds is 5. The lowest BCUT2D eigenvalue weighted by Crippen LogP contribution is -2.44. The first-order valence-corrected chi connectivity index (χ1v) is 11.1. The van der Waals surface area contributed by atoms with Crippen molar-refractivity contribution in [3.8, 4) is 22.6 Å². The number of carbonyl (C=O) groups is 1. The molecule has 2 amide bonds. The Morgan fingerprint density at radius 2 is 1.91 bits per heavy atom. The summed E-state index contributed by atoms with van der Waals surface area (Å²) in [4.78, 5) is 27.4. The highest BCUT2D eigenvalue weighted by molar-refractivity contribution is 5.90. The molecule has 0 bridgehead atoms. The average molecular weight is 449 g/mol. The molecule has 3 aromatic rings. The molecule has 2 aliphatic rings. The smallest absolute Gasteiger partial charge is 0.319 e. The van der Waals surface area contributed by atoms with E-state index in [-0.39, 0.29) is 12.1 Å². The summed E-state index contributed by atoms with van der Waals surface area (Å²) >= 11 is 0. The third kappa shape index (κ3) is 5.09. The minimum absolute atomic E-state index is 0.164. The number of amides is 2. The maximum atomic E-state index is 13.4. The molecule has 1 saturated carbocycles. The number of nitrogens with zero attached hydrogens (tertiary/aromatic N) is 4. The average Bonchev–Trinajstić information content (AvgIpc) is 3.64. The summed E-state index contributed by atoms with van der Waals surface area (Å²) in [6.07, 6.45) is 3.51. The highest BCUT2D eigenvalue weighted by atomic mass is 19.1. The Bertz CT molecular complexity index is 1130. The molecule has 1 atom stereocenters. The number of pyridine rings is 1. The van der Waals surface area contributed by atoms with Crippen LogP contribution in [0, 0.1) is 5.95 Å². The van der Waals surface area contributed by atoms with E-state index in [0.717, 1.165) is 36.5 Å². The van der Waals surface area contributed by atoms with E-state index in [2.05, 4.69) is 27.4 Å². The number of aromatic nitrogens is 3. The molecular weight excluding hydrogens is 423 g/mol. The van der Waals surface area contributed by atoms with Crippen LogP contribution < -0.4 is 15.5 Å². The Balaban J connectivity index is 1.46. The topological polar surface area (TPSA) is 92.3 Å². The van der Waals surface area contributed by atoms with Crippen molar-refractivity contribution in [2.24, 2.45) is 0 Å². The van der Waals surface area contributed by atoms with Crippen LogP contribution in [0.5, 0.6) is 0 Å². The third-order valence-electron chi connectivity index (χ3n) is 5.71. The lowest BCUT2D eigenvalue weighted by Gasteiger charge is -2.34. The molecule has 2 aromatic heterocycles. The second kappa shape index (κ2) is 9.11. The minimum atomic E-state index is -0.550. The summed E-state index contributed by atoms with van der Waals surface area (Å²) < 4.78 is 18.9. The number of hydrogen-bond acceptors (Lipinski definition) is 6. The number of anilines is 2. The largest absolute Gasteiger partial charge is 0.377 e. The fourth-order valence-electron chi connectivity index (χ4n) is 3.74. The minimum Gasteiger partial charge on any atom is -0.377 e. The van der Waals surface area contributed by atoms with Gasteiger partial charge in [-0.15, -0.1) is 0 Å². The van der Waals surface area contributed by atoms with Gasteiger partial charge in [0.2, 0.25) is 5.95 Å². The molecule has 1 aliphatic carbocycles. The monoisotopic (exact) mass is 448 g/mol. The van der Waals surface area contributed by atoms with E-state index in [0.29, 0.717) is 36.3 Å². The van der Waals surface area contributed by atoms with Crippen LogP contribution in [0.4, 0.5) is 20.7 Å². The quantitative estimate of drug-likeness (QED) is 0.576. The molecule has 1 saturated heterocycles. The van der Waals surface area contributed by atoms with Crippen LogP contribution in [0.25, 0.3) is 22.6 Å². The number of hydrogen-bond donors (Lipinski definition) is 2. The number of halogens is 1. The Morgan fingerprint density at radius 1 is 1.12 bits per heavy atom. The number of morpholine rings is 1. The van der Waals surface area contributed by atoms with Crippen LogP contribution in [-0.2, 0) is 4.74 Å². The number of ether oxygens (including phenoxy) is 1. The van der Waals surface area contributed by atoms with E-state index in [1.54, 1.807) is 6.07 Å². The van der Waals surface area contributed by atoms with E-state index in [1.807, 2.05) is 30.3 Å². The molecule has 0 spiro atoms. The maximum Gasteiger partial charge on any atom is 0.319 e. The Labute approximate surface area is 191 Å². The lowest BCUT2D eigenvalue weighted by atomic mass is 10.1. The molecule has 3 heterocycles. The van der Waals surface area contributed by atoms with Gasteiger partial charge in [0.15, 0.2) is 5.82 Å². The van der Waals surface area contributed by atoms with Gasteiger partial charge < -0.3 is 20.3 Å². The van der Waals surface area contributed by atoms with Crippen molar-refractivity contribution in [3.63, 3.8) is 0 Å². The van der Waals surface area contributed by atoms with Gasteiger partial charge in [0.1, 0.15) is 5.82 Å². The van der Waals surface area contributed by atoms with E-state index < -0.39 is 5.95 Å². The zero-order valence-electron chi connectivity index (χ0n) is 18.3. The van der Waals surface area contributed by atoms with Crippen molar-refractivity contribution in [1.29, 1.82) is 0 Å². The van der Waals surface area contributed by atoms with E-state index >= 15 is 0 Å². The summed E-state index contributed by atoms with van der Waals surface area (Å²) in [5.41, 5.74) is 2.95. The Morgan fingerprint density at radius 3 is 2.61 bits per heavy atom. The lowest BCUT2D eigenvalue weighted by molar-refractivity contribution is 0.0985. The van der Waals surface area contributed by atoms with Gasteiger partial charge in [0.25, 0.3) is 0 Å². The fourth-order valence-corrected chi connectivity index (χ4v) is 3.74. The zero-order valence-corrected chi connectivity index (χ0v) is 18.3. The van der Waals surface area contributed by atoms with Crippen molar-refractivity contribution in [3.05, 3.63) is 54.6 Å². The summed E-state index contributed by atoms with van der Waals surface area (Å²) in [6.45, 7) is 4.06. The van der Waals surface area contributed by atoms with E-state index in [4.69, 9.17) is 14.7 Å². The standard InChI is InChI=1S/C24H25FN6O2/c1-15-14-33-11-10-31(15)22-12-20(29-23(30-22)17-4-9-21(25)26-13-17)16-2-5-18(6-3-16)27-24(32)28-19-7-8-19/h2-6,9,12-13,15,19H,7-8,10-11,14H2,1H3,(H2,27,28,32). The maximum absolute atomic E-state index is 13.4. The van der Waals surface area contributed by atoms with Gasteiger partial charge in [-0.25, -0.2) is 19.7 Å². The van der Waals surface area contributed by atoms with E-state index in [1.165, 1.54) is 12.3 Å². The van der Waals surface area contributed by atoms with Crippen molar-refractivity contribution in [2.75, 3.05) is 30.0 Å². The zero-order chi connectivity index (χ0) is 22.8. The van der Waals surface area contributed by atoms with Crippen molar-refractivity contribution >= 4 is 17.5 Å². The molecule has 9 heteroatoms. The first kappa shape index (κ1) is 21.3. The molecule has 5 rings (SSSR count). The second-order valence-electron chi connectivity index (χ2n) is 8.37. The molecule has 33 heavy (non-hydrogen) atoms. The molecule has 1 aromatic carbocycles. The first-order valence-electron chi connectivity index (χ1n) is 11.1. The number of urea groups is 1. The molecule has 2 N–H and O–H groups in total. The third-order valence-corrected chi connectivity index (χ3v) is 5.71. The number of benzene rings is 1. The van der Waals surface area contributed by atoms with Crippen LogP contribution in [-0.4, -0.2) is 52.8 Å². The van der Waals surface area contributed by atoms with Gasteiger partial charge >= 0.3 is 6.03 Å². The molecular formula is C24H25FN6O2. The van der Waals surface area contributed by atoms with E-state index in [9.17, 15) is 9.18 Å². The first-order chi connectivity index (χ1) is 16.0. The molecule has 2 fully saturated rings. The van der Waals surface area contributed by atoms with Crippen LogP contribution in [0.15, 0.2) is 48.7 Å². The van der Waals surface area contributed by atoms with Crippen molar-refractivity contribution in [2.45, 2.75) is 31.8 Å². The second-order valence-corrected chi connectivity index (χ2v) is 8.37. The Kier molecular flexibility index (Phi) is 5.87. The highest BCUT2D eigenvalue weighted by Gasteiger charge is 2.24. The van der Waals surface area contributed by atoms with Gasteiger partial charge in [-0.2, -0.15) is 4.39 Å². The highest BCUT2D eigenvalue weighted by Crippen LogP contribution is 2.28. The molecule has 1 aliphatic heterocycles. The molecule has 1 unspecified atom stereocenters. The number of nitrogens with one attached hydrogen (secondary N) is 2. The van der Waals surface area contributed by atoms with Gasteiger partial charge in [-0.05, 0) is 44.0 Å². The summed E-state index contributed by atoms with van der Waals surface area (Å²) in [5, 5.41) is 5.76. The molecule has 8 nitrogen and oxygen atoms in total. The normalized spacial score (nSPS) is 18.1. The van der Waals surface area contributed by atoms with Gasteiger partial charge in [-0.1, -0.05) is 12.1 Å². The van der Waals surface area contributed by atoms with Gasteiger partial charge in [-0.3, -0.25) is 0 Å². The summed E-state index contributed by atoms with van der Waals surface area (Å²) in [6, 6.07) is 12.7. The van der Waals surface area contributed by atoms with Gasteiger partial charge in [0, 0.05) is 41.7 Å². The van der Waals surface area contributed by atoms with Crippen molar-refractivity contribution < 1.29 is 13.9 Å². The molecule has 170 valence electrons. The SMILES string of the molecule is CC1COCCN1c1cc(-c2ccc(NC(=O)NC3CC3)cc2)nc(-c2ccc(F)nc2)n1. The van der Waals surface area contributed by atoms with Crippen LogP contribution in [0.2, 0.25) is 0 Å². The van der Waals surface area contributed by atoms with Crippen LogP contribution in [0.1, 0.15) is 19.8 Å². The summed E-state index contributed by atoms with van der Waals surface area (Å²) in [7, 11) is 0. The predicted molar refractivity (Wildman–Crippen MR) is 123 cm³/mol. The number of carbonyl (C=O) groups excluding carboxylic acids is 1. The Hall–Kier alpha value is -3.59. The van der Waals surface area contributed by atoms with Crippen molar-refractivity contribution in [1.82, 2.24) is 20.3 Å².